The van der Waals surface area contributed by atoms with Crippen LogP contribution in [0.5, 0.6) is 0 Å². The molecule has 170 valence electrons. The van der Waals surface area contributed by atoms with Gasteiger partial charge in [-0.25, -0.2) is 4.79 Å². The molecule has 0 bridgehead atoms. The maximum absolute atomic E-state index is 12.4. The van der Waals surface area contributed by atoms with Gasteiger partial charge in [0, 0.05) is 45.8 Å². The van der Waals surface area contributed by atoms with Crippen molar-refractivity contribution in [1.82, 2.24) is 15.1 Å². The smallest absolute Gasteiger partial charge is 0.317 e. The molecule has 0 spiro atoms. The summed E-state index contributed by atoms with van der Waals surface area (Å²) in [4.78, 5) is 28.6. The molecule has 4 rings (SSSR count). The van der Waals surface area contributed by atoms with Crippen LogP contribution in [0, 0.1) is 5.92 Å². The zero-order valence-corrected chi connectivity index (χ0v) is 18.7. The number of hydrogen-bond acceptors (Lipinski definition) is 3. The zero-order chi connectivity index (χ0) is 21.5. The summed E-state index contributed by atoms with van der Waals surface area (Å²) in [7, 11) is 0. The Kier molecular flexibility index (Phi) is 7.84. The topological polar surface area (TPSA) is 61.9 Å². The van der Waals surface area contributed by atoms with Gasteiger partial charge in [-0.15, -0.1) is 0 Å². The molecule has 3 heterocycles. The lowest BCUT2D eigenvalue weighted by atomic mass is 9.90. The van der Waals surface area contributed by atoms with Gasteiger partial charge in [-0.1, -0.05) is 24.3 Å². The van der Waals surface area contributed by atoms with E-state index >= 15 is 0 Å². The van der Waals surface area contributed by atoms with Crippen LogP contribution in [0.1, 0.15) is 56.1 Å². The fourth-order valence-electron chi connectivity index (χ4n) is 5.01. The third-order valence-electron chi connectivity index (χ3n) is 7.04. The molecular formula is C25H37N3O3. The Morgan fingerprint density at radius 2 is 1.61 bits per heavy atom. The molecule has 1 atom stereocenters. The first kappa shape index (κ1) is 22.1. The van der Waals surface area contributed by atoms with Crippen molar-refractivity contribution in [1.29, 1.82) is 0 Å². The largest absolute Gasteiger partial charge is 0.376 e. The fraction of sp³-hybridized carbons (Fsp3) is 0.680. The van der Waals surface area contributed by atoms with Crippen molar-refractivity contribution in [3.05, 3.63) is 35.4 Å². The zero-order valence-electron chi connectivity index (χ0n) is 18.7. The summed E-state index contributed by atoms with van der Waals surface area (Å²) in [5.41, 5.74) is 2.60. The highest BCUT2D eigenvalue weighted by atomic mass is 16.5. The maximum Gasteiger partial charge on any atom is 0.317 e. The van der Waals surface area contributed by atoms with Gasteiger partial charge in [0.15, 0.2) is 0 Å². The van der Waals surface area contributed by atoms with Crippen molar-refractivity contribution in [2.45, 2.75) is 63.9 Å². The average Bonchev–Trinajstić information content (AvgIpc) is 3.52. The molecule has 3 aliphatic rings. The molecule has 3 aliphatic heterocycles. The Morgan fingerprint density at radius 1 is 0.903 bits per heavy atom. The van der Waals surface area contributed by atoms with Crippen LogP contribution in [0.15, 0.2) is 24.3 Å². The van der Waals surface area contributed by atoms with E-state index in [1.165, 1.54) is 11.1 Å². The minimum atomic E-state index is 0.0572. The molecule has 0 radical (unpaired) electrons. The van der Waals surface area contributed by atoms with Crippen LogP contribution in [0.3, 0.4) is 0 Å². The fourth-order valence-corrected chi connectivity index (χ4v) is 5.01. The first-order chi connectivity index (χ1) is 15.2. The Morgan fingerprint density at radius 3 is 2.29 bits per heavy atom. The van der Waals surface area contributed by atoms with E-state index in [2.05, 4.69) is 29.6 Å². The minimum absolute atomic E-state index is 0.0572. The third-order valence-corrected chi connectivity index (χ3v) is 7.04. The molecular weight excluding hydrogens is 390 g/mol. The van der Waals surface area contributed by atoms with Gasteiger partial charge in [0.1, 0.15) is 0 Å². The molecule has 1 N–H and O–H groups in total. The summed E-state index contributed by atoms with van der Waals surface area (Å²) in [6.45, 7) is 5.00. The molecule has 0 saturated carbocycles. The Balaban J connectivity index is 1.14. The summed E-state index contributed by atoms with van der Waals surface area (Å²) in [5, 5.41) is 3.04. The molecule has 3 fully saturated rings. The van der Waals surface area contributed by atoms with Gasteiger partial charge < -0.3 is 19.9 Å². The lowest BCUT2D eigenvalue weighted by Crippen LogP contribution is -2.46. The molecule has 0 aromatic heterocycles. The van der Waals surface area contributed by atoms with Crippen LogP contribution in [-0.2, 0) is 22.4 Å². The van der Waals surface area contributed by atoms with E-state index in [4.69, 9.17) is 4.74 Å². The minimum Gasteiger partial charge on any atom is -0.376 e. The average molecular weight is 428 g/mol. The highest BCUT2D eigenvalue weighted by Gasteiger charge is 2.24. The number of hydrogen-bond donors (Lipinski definition) is 1. The van der Waals surface area contributed by atoms with E-state index in [1.54, 1.807) is 0 Å². The van der Waals surface area contributed by atoms with Gasteiger partial charge in [-0.05, 0) is 68.4 Å². The summed E-state index contributed by atoms with van der Waals surface area (Å²) in [6, 6.07) is 8.86. The number of rotatable bonds is 7. The summed E-state index contributed by atoms with van der Waals surface area (Å²) >= 11 is 0. The predicted molar refractivity (Wildman–Crippen MR) is 121 cm³/mol. The number of likely N-dealkylation sites (tertiary alicyclic amines) is 2. The van der Waals surface area contributed by atoms with E-state index in [1.807, 2.05) is 9.80 Å². The quantitative estimate of drug-likeness (QED) is 0.726. The molecule has 3 amide bonds. The molecule has 1 aromatic rings. The number of nitrogens with one attached hydrogen (secondary N) is 1. The van der Waals surface area contributed by atoms with E-state index in [0.717, 1.165) is 84.2 Å². The summed E-state index contributed by atoms with van der Waals surface area (Å²) < 4.78 is 5.58. The molecule has 1 aromatic carbocycles. The third kappa shape index (κ3) is 6.45. The first-order valence-electron chi connectivity index (χ1n) is 12.2. The van der Waals surface area contributed by atoms with Gasteiger partial charge in [-0.2, -0.15) is 0 Å². The number of amides is 3. The van der Waals surface area contributed by atoms with Crippen LogP contribution in [-0.4, -0.2) is 67.2 Å². The maximum atomic E-state index is 12.4. The Labute approximate surface area is 186 Å². The van der Waals surface area contributed by atoms with Gasteiger partial charge >= 0.3 is 6.03 Å². The van der Waals surface area contributed by atoms with Gasteiger partial charge in [0.25, 0.3) is 0 Å². The number of benzene rings is 1. The predicted octanol–water partition coefficient (Wildman–Crippen LogP) is 3.38. The van der Waals surface area contributed by atoms with Crippen LogP contribution in [0.4, 0.5) is 4.79 Å². The number of carbonyl (C=O) groups excluding carboxylic acids is 2. The van der Waals surface area contributed by atoms with Gasteiger partial charge in [0.2, 0.25) is 5.91 Å². The number of aryl methyl sites for hydroxylation is 1. The van der Waals surface area contributed by atoms with Gasteiger partial charge in [0.05, 0.1) is 6.10 Å². The van der Waals surface area contributed by atoms with Crippen LogP contribution in [0.25, 0.3) is 0 Å². The van der Waals surface area contributed by atoms with Crippen molar-refractivity contribution < 1.29 is 14.3 Å². The van der Waals surface area contributed by atoms with Crippen molar-refractivity contribution in [2.75, 3.05) is 39.3 Å². The van der Waals surface area contributed by atoms with E-state index < -0.39 is 0 Å². The number of carbonyl (C=O) groups is 2. The van der Waals surface area contributed by atoms with Crippen LogP contribution in [0.2, 0.25) is 0 Å². The molecule has 31 heavy (non-hydrogen) atoms. The normalized spacial score (nSPS) is 22.1. The summed E-state index contributed by atoms with van der Waals surface area (Å²) in [6.07, 6.45) is 9.28. The van der Waals surface area contributed by atoms with Crippen molar-refractivity contribution in [3.8, 4) is 0 Å². The second-order valence-corrected chi connectivity index (χ2v) is 9.36. The molecule has 6 nitrogen and oxygen atoms in total. The van der Waals surface area contributed by atoms with E-state index in [0.29, 0.717) is 24.8 Å². The number of ether oxygens (including phenoxy) is 1. The molecule has 0 aliphatic carbocycles. The lowest BCUT2D eigenvalue weighted by molar-refractivity contribution is -0.130. The highest BCUT2D eigenvalue weighted by Crippen LogP contribution is 2.22. The number of urea groups is 1. The molecule has 6 heteroatoms. The van der Waals surface area contributed by atoms with Crippen molar-refractivity contribution >= 4 is 11.9 Å². The molecule has 1 unspecified atom stereocenters. The van der Waals surface area contributed by atoms with Gasteiger partial charge in [-0.3, -0.25) is 4.79 Å². The Hall–Kier alpha value is -2.08. The SMILES string of the molecule is O=C(CCc1ccc(CC2CCN(C(=O)NCC3CCCO3)CC2)cc1)N1CCCC1. The van der Waals surface area contributed by atoms with Crippen LogP contribution >= 0.6 is 0 Å². The Bertz CT molecular complexity index is 716. The van der Waals surface area contributed by atoms with E-state index in [9.17, 15) is 9.59 Å². The highest BCUT2D eigenvalue weighted by molar-refractivity contribution is 5.76. The second-order valence-electron chi connectivity index (χ2n) is 9.36. The lowest BCUT2D eigenvalue weighted by Gasteiger charge is -2.32. The second kappa shape index (κ2) is 11.0. The summed E-state index contributed by atoms with van der Waals surface area (Å²) in [5.74, 6) is 0.929. The first-order valence-corrected chi connectivity index (χ1v) is 12.2. The van der Waals surface area contributed by atoms with Crippen molar-refractivity contribution in [2.24, 2.45) is 5.92 Å². The number of nitrogens with zero attached hydrogens (tertiary/aromatic N) is 2. The van der Waals surface area contributed by atoms with Crippen LogP contribution < -0.4 is 5.32 Å². The monoisotopic (exact) mass is 427 g/mol. The van der Waals surface area contributed by atoms with Crippen molar-refractivity contribution in [3.63, 3.8) is 0 Å². The standard InChI is InChI=1S/C25H37N3O3/c29-24(27-13-1-2-14-27)10-9-20-5-7-21(8-6-20)18-22-11-15-28(16-12-22)25(30)26-19-23-4-3-17-31-23/h5-8,22-23H,1-4,9-19H2,(H,26,30). The molecule has 3 saturated heterocycles. The van der Waals surface area contributed by atoms with E-state index in [-0.39, 0.29) is 12.1 Å². The number of piperidine rings is 1.